The standard InChI is InChI=1S/C58H47ClN2O5/c59-52-37-21-20-36-51(52)58(44-28-12-4-13-29-44,45-30-14-5-15-31-45)66-55(63)53(60-56(64)65-40-50-48-34-18-16-32-46(48)47-33-17-19-35-49(47)50)38-39-54(62)61-57(41-22-6-1-7-23-41,42-24-8-2-9-25-42)43-26-10-3-11-27-43/h1-37,50,53H,38-40H2,(H,60,64)(H,61,62)/t53-/m0/s1. The number of halogens is 1. The average Bonchev–Trinajstić information content (AvgIpc) is 3.70. The van der Waals surface area contributed by atoms with Gasteiger partial charge in [-0.05, 0) is 51.4 Å². The molecule has 0 radical (unpaired) electrons. The van der Waals surface area contributed by atoms with Crippen molar-refractivity contribution in [2.45, 2.75) is 35.9 Å². The summed E-state index contributed by atoms with van der Waals surface area (Å²) in [7, 11) is 0. The first kappa shape index (κ1) is 43.5. The number of fused-ring (bicyclic) bond motifs is 3. The van der Waals surface area contributed by atoms with Crippen LogP contribution in [-0.4, -0.2) is 30.6 Å². The average molecular weight is 887 g/mol. The van der Waals surface area contributed by atoms with E-state index in [0.717, 1.165) is 38.9 Å². The van der Waals surface area contributed by atoms with Crippen LogP contribution in [0.4, 0.5) is 4.79 Å². The summed E-state index contributed by atoms with van der Waals surface area (Å²) in [4.78, 5) is 44.0. The third-order valence-electron chi connectivity index (χ3n) is 12.4. The second kappa shape index (κ2) is 19.6. The Labute approximate surface area is 390 Å². The molecule has 2 N–H and O–H groups in total. The fourth-order valence-electron chi connectivity index (χ4n) is 9.32. The number of nitrogens with one attached hydrogen (secondary N) is 2. The number of carbonyl (C=O) groups excluding carboxylic acids is 3. The Morgan fingerprint density at radius 1 is 0.515 bits per heavy atom. The minimum atomic E-state index is -1.57. The van der Waals surface area contributed by atoms with Gasteiger partial charge >= 0.3 is 12.1 Å². The zero-order valence-corrected chi connectivity index (χ0v) is 36.8. The van der Waals surface area contributed by atoms with Gasteiger partial charge in [0.05, 0.1) is 0 Å². The van der Waals surface area contributed by atoms with E-state index in [2.05, 4.69) is 22.8 Å². The normalized spacial score (nSPS) is 12.6. The van der Waals surface area contributed by atoms with E-state index >= 15 is 4.79 Å². The van der Waals surface area contributed by atoms with Crippen molar-refractivity contribution in [1.82, 2.24) is 10.6 Å². The second-order valence-electron chi connectivity index (χ2n) is 16.3. The topological polar surface area (TPSA) is 93.7 Å². The summed E-state index contributed by atoms with van der Waals surface area (Å²) in [6, 6.07) is 70.2. The van der Waals surface area contributed by atoms with E-state index in [4.69, 9.17) is 21.1 Å². The number of rotatable bonds is 15. The highest BCUT2D eigenvalue weighted by Crippen LogP contribution is 2.46. The molecule has 7 nitrogen and oxygen atoms in total. The number of hydrogen-bond acceptors (Lipinski definition) is 5. The zero-order valence-electron chi connectivity index (χ0n) is 36.1. The molecule has 0 aromatic heterocycles. The molecular weight excluding hydrogens is 840 g/mol. The third-order valence-corrected chi connectivity index (χ3v) is 12.7. The maximum absolute atomic E-state index is 15.2. The Morgan fingerprint density at radius 3 is 1.39 bits per heavy atom. The van der Waals surface area contributed by atoms with Crippen LogP contribution in [0.3, 0.4) is 0 Å². The van der Waals surface area contributed by atoms with Crippen molar-refractivity contribution in [1.29, 1.82) is 0 Å². The third kappa shape index (κ3) is 8.61. The summed E-state index contributed by atoms with van der Waals surface area (Å²) in [6.45, 7) is 0.0213. The Bertz CT molecular complexity index is 2750. The van der Waals surface area contributed by atoms with Crippen molar-refractivity contribution in [3.8, 4) is 11.1 Å². The molecule has 0 unspecified atom stereocenters. The van der Waals surface area contributed by atoms with Crippen LogP contribution in [0.5, 0.6) is 0 Å². The molecule has 8 aromatic rings. The van der Waals surface area contributed by atoms with Gasteiger partial charge in [-0.25, -0.2) is 9.59 Å². The minimum absolute atomic E-state index is 0.0213. The van der Waals surface area contributed by atoms with Gasteiger partial charge in [0.25, 0.3) is 0 Å². The first-order valence-corrected chi connectivity index (χ1v) is 22.4. The van der Waals surface area contributed by atoms with Crippen molar-refractivity contribution in [3.05, 3.63) is 274 Å². The summed E-state index contributed by atoms with van der Waals surface area (Å²) in [5.41, 5.74) is 5.93. The Kier molecular flexibility index (Phi) is 12.9. The summed E-state index contributed by atoms with van der Waals surface area (Å²) in [5, 5.41) is 6.61. The fourth-order valence-corrected chi connectivity index (χ4v) is 9.59. The van der Waals surface area contributed by atoms with E-state index in [1.807, 2.05) is 206 Å². The van der Waals surface area contributed by atoms with Gasteiger partial charge < -0.3 is 20.1 Å². The van der Waals surface area contributed by atoms with Gasteiger partial charge in [0.2, 0.25) is 5.91 Å². The van der Waals surface area contributed by atoms with Crippen molar-refractivity contribution in [3.63, 3.8) is 0 Å². The van der Waals surface area contributed by atoms with E-state index in [1.165, 1.54) is 0 Å². The molecule has 0 aliphatic heterocycles. The Hall–Kier alpha value is -7.74. The van der Waals surface area contributed by atoms with E-state index in [1.54, 1.807) is 6.07 Å². The van der Waals surface area contributed by atoms with Crippen LogP contribution in [0.15, 0.2) is 224 Å². The summed E-state index contributed by atoms with van der Waals surface area (Å²) < 4.78 is 12.8. The number of alkyl carbamates (subject to hydrolysis) is 1. The van der Waals surface area contributed by atoms with E-state index < -0.39 is 29.2 Å². The number of carbonyl (C=O) groups is 3. The molecule has 0 heterocycles. The van der Waals surface area contributed by atoms with Gasteiger partial charge in [0.15, 0.2) is 5.60 Å². The van der Waals surface area contributed by atoms with Crippen LogP contribution in [0, 0.1) is 0 Å². The molecule has 8 heteroatoms. The smallest absolute Gasteiger partial charge is 0.407 e. The molecule has 0 saturated carbocycles. The van der Waals surface area contributed by atoms with Gasteiger partial charge in [-0.1, -0.05) is 230 Å². The Balaban J connectivity index is 1.06. The monoisotopic (exact) mass is 886 g/mol. The number of benzene rings is 8. The van der Waals surface area contributed by atoms with Crippen molar-refractivity contribution < 1.29 is 23.9 Å². The molecule has 1 aliphatic rings. The highest BCUT2D eigenvalue weighted by Gasteiger charge is 2.44. The van der Waals surface area contributed by atoms with Crippen LogP contribution in [-0.2, 0) is 30.2 Å². The maximum Gasteiger partial charge on any atom is 0.407 e. The lowest BCUT2D eigenvalue weighted by Crippen LogP contribution is -2.49. The quantitative estimate of drug-likeness (QED) is 0.0790. The molecule has 0 saturated heterocycles. The van der Waals surface area contributed by atoms with Crippen molar-refractivity contribution in [2.24, 2.45) is 0 Å². The molecular formula is C58H47ClN2O5. The molecule has 9 rings (SSSR count). The molecule has 0 bridgehead atoms. The van der Waals surface area contributed by atoms with E-state index in [9.17, 15) is 9.59 Å². The predicted molar refractivity (Wildman–Crippen MR) is 259 cm³/mol. The first-order valence-electron chi connectivity index (χ1n) is 22.1. The molecule has 0 spiro atoms. The lowest BCUT2D eigenvalue weighted by Gasteiger charge is -2.37. The van der Waals surface area contributed by atoms with Gasteiger partial charge in [-0.2, -0.15) is 0 Å². The number of amides is 2. The van der Waals surface area contributed by atoms with Gasteiger partial charge in [-0.3, -0.25) is 4.79 Å². The van der Waals surface area contributed by atoms with Crippen LogP contribution in [0.25, 0.3) is 11.1 Å². The summed E-state index contributed by atoms with van der Waals surface area (Å²) >= 11 is 7.01. The molecule has 8 aromatic carbocycles. The lowest BCUT2D eigenvalue weighted by molar-refractivity contribution is -0.156. The first-order chi connectivity index (χ1) is 32.4. The Morgan fingerprint density at radius 2 is 0.924 bits per heavy atom. The largest absolute Gasteiger partial charge is 0.449 e. The lowest BCUT2D eigenvalue weighted by atomic mass is 9.77. The van der Waals surface area contributed by atoms with E-state index in [0.29, 0.717) is 21.7 Å². The van der Waals surface area contributed by atoms with E-state index in [-0.39, 0.29) is 31.3 Å². The van der Waals surface area contributed by atoms with Crippen LogP contribution >= 0.6 is 11.6 Å². The summed E-state index contributed by atoms with van der Waals surface area (Å²) in [5.74, 6) is -1.36. The van der Waals surface area contributed by atoms with Crippen LogP contribution in [0.1, 0.15) is 63.3 Å². The molecule has 66 heavy (non-hydrogen) atoms. The van der Waals surface area contributed by atoms with Gasteiger partial charge in [0, 0.05) is 34.1 Å². The zero-order chi connectivity index (χ0) is 45.4. The molecule has 1 aliphatic carbocycles. The molecule has 0 fully saturated rings. The van der Waals surface area contributed by atoms with Gasteiger partial charge in [0.1, 0.15) is 18.2 Å². The second-order valence-corrected chi connectivity index (χ2v) is 16.7. The molecule has 1 atom stereocenters. The SMILES string of the molecule is O=C(CC[C@H](NC(=O)OCC1c2ccccc2-c2ccccc21)C(=O)OC(c1ccccc1)(c1ccccc1)c1ccccc1Cl)NC(c1ccccc1)(c1ccccc1)c1ccccc1. The summed E-state index contributed by atoms with van der Waals surface area (Å²) in [6.07, 6.45) is -1.13. The maximum atomic E-state index is 15.2. The van der Waals surface area contributed by atoms with Crippen LogP contribution in [0.2, 0.25) is 5.02 Å². The number of ether oxygens (including phenoxy) is 2. The highest BCUT2D eigenvalue weighted by molar-refractivity contribution is 6.31. The minimum Gasteiger partial charge on any atom is -0.449 e. The predicted octanol–water partition coefficient (Wildman–Crippen LogP) is 12.0. The van der Waals surface area contributed by atoms with Crippen molar-refractivity contribution >= 4 is 29.6 Å². The molecule has 326 valence electrons. The van der Waals surface area contributed by atoms with Crippen molar-refractivity contribution in [2.75, 3.05) is 6.61 Å². The fraction of sp³-hybridized carbons (Fsp3) is 0.121. The number of hydrogen-bond donors (Lipinski definition) is 2. The van der Waals surface area contributed by atoms with Gasteiger partial charge in [-0.15, -0.1) is 0 Å². The molecule has 2 amide bonds. The van der Waals surface area contributed by atoms with Crippen LogP contribution < -0.4 is 10.6 Å². The highest BCUT2D eigenvalue weighted by atomic mass is 35.5. The number of esters is 1.